The number of carbonyl (C=O) groups is 1. The van der Waals surface area contributed by atoms with Crippen LogP contribution >= 0.6 is 0 Å². The number of ether oxygens (including phenoxy) is 1. The van der Waals surface area contributed by atoms with Crippen molar-refractivity contribution >= 4 is 5.91 Å². The standard InChI is InChI=1S/C21H29N3O2/c1-16-4-6-20(7-5-16)26-13-10-19-8-11-23(15-19)21(25)9-12-24-18(3)14-17(2)22-24/h4-7,14,19H,8-13,15H2,1-3H3. The van der Waals surface area contributed by atoms with Gasteiger partial charge in [0.2, 0.25) is 5.91 Å². The highest BCUT2D eigenvalue weighted by Crippen LogP contribution is 2.21. The van der Waals surface area contributed by atoms with Crippen molar-refractivity contribution in [3.05, 3.63) is 47.3 Å². The van der Waals surface area contributed by atoms with Crippen molar-refractivity contribution in [2.75, 3.05) is 19.7 Å². The molecular formula is C21H29N3O2. The van der Waals surface area contributed by atoms with Gasteiger partial charge in [-0.15, -0.1) is 0 Å². The Kier molecular flexibility index (Phi) is 5.96. The van der Waals surface area contributed by atoms with Gasteiger partial charge in [0.1, 0.15) is 5.75 Å². The van der Waals surface area contributed by atoms with Crippen LogP contribution in [-0.4, -0.2) is 40.3 Å². The van der Waals surface area contributed by atoms with E-state index in [2.05, 4.69) is 24.2 Å². The molecule has 0 saturated carbocycles. The molecule has 0 spiro atoms. The maximum absolute atomic E-state index is 12.5. The molecule has 0 radical (unpaired) electrons. The predicted molar refractivity (Wildman–Crippen MR) is 102 cm³/mol. The van der Waals surface area contributed by atoms with Crippen molar-refractivity contribution < 1.29 is 9.53 Å². The molecule has 1 amide bonds. The number of likely N-dealkylation sites (tertiary alicyclic amines) is 1. The summed E-state index contributed by atoms with van der Waals surface area (Å²) >= 11 is 0. The lowest BCUT2D eigenvalue weighted by atomic mass is 10.1. The lowest BCUT2D eigenvalue weighted by Crippen LogP contribution is -2.29. The summed E-state index contributed by atoms with van der Waals surface area (Å²) in [6.45, 7) is 9.18. The zero-order chi connectivity index (χ0) is 18.5. The minimum atomic E-state index is 0.236. The van der Waals surface area contributed by atoms with Crippen LogP contribution in [0.15, 0.2) is 30.3 Å². The van der Waals surface area contributed by atoms with Crippen LogP contribution in [-0.2, 0) is 11.3 Å². The summed E-state index contributed by atoms with van der Waals surface area (Å²) in [5.74, 6) is 1.70. The van der Waals surface area contributed by atoms with Crippen LogP contribution in [0.25, 0.3) is 0 Å². The Balaban J connectivity index is 1.38. The molecule has 1 aromatic carbocycles. The first kappa shape index (κ1) is 18.5. The van der Waals surface area contributed by atoms with Gasteiger partial charge in [0, 0.05) is 31.7 Å². The van der Waals surface area contributed by atoms with Crippen LogP contribution in [0.1, 0.15) is 36.2 Å². The van der Waals surface area contributed by atoms with Crippen molar-refractivity contribution in [2.24, 2.45) is 5.92 Å². The number of hydrogen-bond acceptors (Lipinski definition) is 3. The third-order valence-corrected chi connectivity index (χ3v) is 5.10. The monoisotopic (exact) mass is 355 g/mol. The molecule has 1 aliphatic heterocycles. The summed E-state index contributed by atoms with van der Waals surface area (Å²) in [7, 11) is 0. The molecule has 1 unspecified atom stereocenters. The second-order valence-electron chi connectivity index (χ2n) is 7.34. The average Bonchev–Trinajstić information content (AvgIpc) is 3.21. The Morgan fingerprint density at radius 1 is 1.23 bits per heavy atom. The molecule has 1 aliphatic rings. The molecule has 2 aromatic rings. The Hall–Kier alpha value is -2.30. The van der Waals surface area contributed by atoms with Crippen LogP contribution in [0.4, 0.5) is 0 Å². The lowest BCUT2D eigenvalue weighted by molar-refractivity contribution is -0.130. The highest BCUT2D eigenvalue weighted by molar-refractivity contribution is 5.76. The third-order valence-electron chi connectivity index (χ3n) is 5.10. The molecule has 1 atom stereocenters. The van der Waals surface area contributed by atoms with Gasteiger partial charge in [-0.25, -0.2) is 0 Å². The molecule has 26 heavy (non-hydrogen) atoms. The van der Waals surface area contributed by atoms with E-state index in [0.717, 1.165) is 43.1 Å². The van der Waals surface area contributed by atoms with Crippen molar-refractivity contribution in [1.29, 1.82) is 0 Å². The van der Waals surface area contributed by atoms with Crippen LogP contribution in [0.3, 0.4) is 0 Å². The fourth-order valence-electron chi connectivity index (χ4n) is 3.53. The Labute approximate surface area is 156 Å². The first-order valence-corrected chi connectivity index (χ1v) is 9.49. The van der Waals surface area contributed by atoms with E-state index in [1.165, 1.54) is 5.56 Å². The van der Waals surface area contributed by atoms with Crippen LogP contribution < -0.4 is 4.74 Å². The van der Waals surface area contributed by atoms with E-state index in [4.69, 9.17) is 4.74 Å². The van der Waals surface area contributed by atoms with E-state index >= 15 is 0 Å². The second-order valence-corrected chi connectivity index (χ2v) is 7.34. The minimum Gasteiger partial charge on any atom is -0.494 e. The normalized spacial score (nSPS) is 16.9. The van der Waals surface area contributed by atoms with E-state index in [9.17, 15) is 4.79 Å². The highest BCUT2D eigenvalue weighted by atomic mass is 16.5. The fourth-order valence-corrected chi connectivity index (χ4v) is 3.53. The molecular weight excluding hydrogens is 326 g/mol. The van der Waals surface area contributed by atoms with Gasteiger partial charge >= 0.3 is 0 Å². The summed E-state index contributed by atoms with van der Waals surface area (Å²) in [5, 5.41) is 4.43. The minimum absolute atomic E-state index is 0.236. The SMILES string of the molecule is Cc1ccc(OCCC2CCN(C(=O)CCn3nc(C)cc3C)C2)cc1. The molecule has 1 saturated heterocycles. The highest BCUT2D eigenvalue weighted by Gasteiger charge is 2.25. The molecule has 140 valence electrons. The topological polar surface area (TPSA) is 47.4 Å². The van der Waals surface area contributed by atoms with Gasteiger partial charge in [0.15, 0.2) is 0 Å². The summed E-state index contributed by atoms with van der Waals surface area (Å²) < 4.78 is 7.75. The van der Waals surface area contributed by atoms with Gasteiger partial charge in [0.25, 0.3) is 0 Å². The molecule has 5 nitrogen and oxygen atoms in total. The largest absolute Gasteiger partial charge is 0.494 e. The van der Waals surface area contributed by atoms with Crippen molar-refractivity contribution in [1.82, 2.24) is 14.7 Å². The number of amides is 1. The molecule has 0 aliphatic carbocycles. The van der Waals surface area contributed by atoms with Crippen molar-refractivity contribution in [3.8, 4) is 5.75 Å². The molecule has 3 rings (SSSR count). The van der Waals surface area contributed by atoms with Crippen molar-refractivity contribution in [3.63, 3.8) is 0 Å². The van der Waals surface area contributed by atoms with E-state index in [1.54, 1.807) is 0 Å². The van der Waals surface area contributed by atoms with Gasteiger partial charge in [-0.1, -0.05) is 17.7 Å². The molecule has 1 aromatic heterocycles. The average molecular weight is 355 g/mol. The first-order valence-electron chi connectivity index (χ1n) is 9.49. The second kappa shape index (κ2) is 8.39. The summed E-state index contributed by atoms with van der Waals surface area (Å²) in [6.07, 6.45) is 2.59. The molecule has 2 heterocycles. The smallest absolute Gasteiger partial charge is 0.224 e. The third kappa shape index (κ3) is 4.87. The van der Waals surface area contributed by atoms with Crippen LogP contribution in [0.2, 0.25) is 0 Å². The maximum atomic E-state index is 12.5. The number of rotatable bonds is 7. The van der Waals surface area contributed by atoms with Crippen LogP contribution in [0, 0.1) is 26.7 Å². The number of carbonyl (C=O) groups excluding carboxylic acids is 1. The molecule has 0 N–H and O–H groups in total. The number of nitrogens with zero attached hydrogens (tertiary/aromatic N) is 3. The molecule has 1 fully saturated rings. The van der Waals surface area contributed by atoms with Gasteiger partial charge in [0.05, 0.1) is 12.3 Å². The van der Waals surface area contributed by atoms with E-state index in [0.29, 0.717) is 25.5 Å². The Bertz CT molecular complexity index is 736. The summed E-state index contributed by atoms with van der Waals surface area (Å²) in [6, 6.07) is 10.2. The molecule has 0 bridgehead atoms. The van der Waals surface area contributed by atoms with Gasteiger partial charge in [-0.2, -0.15) is 5.10 Å². The maximum Gasteiger partial charge on any atom is 0.224 e. The van der Waals surface area contributed by atoms with E-state index in [1.807, 2.05) is 41.6 Å². The van der Waals surface area contributed by atoms with Gasteiger partial charge in [-0.3, -0.25) is 9.48 Å². The number of hydrogen-bond donors (Lipinski definition) is 0. The van der Waals surface area contributed by atoms with E-state index < -0.39 is 0 Å². The summed E-state index contributed by atoms with van der Waals surface area (Å²) in [4.78, 5) is 14.5. The fraction of sp³-hybridized carbons (Fsp3) is 0.524. The molecule has 5 heteroatoms. The zero-order valence-electron chi connectivity index (χ0n) is 16.1. The lowest BCUT2D eigenvalue weighted by Gasteiger charge is -2.17. The Morgan fingerprint density at radius 3 is 2.69 bits per heavy atom. The number of aromatic nitrogens is 2. The zero-order valence-corrected chi connectivity index (χ0v) is 16.1. The number of benzene rings is 1. The van der Waals surface area contributed by atoms with Gasteiger partial charge < -0.3 is 9.64 Å². The summed E-state index contributed by atoms with van der Waals surface area (Å²) in [5.41, 5.74) is 3.36. The van der Waals surface area contributed by atoms with Crippen molar-refractivity contribution in [2.45, 2.75) is 46.6 Å². The quantitative estimate of drug-likeness (QED) is 0.763. The predicted octanol–water partition coefficient (Wildman–Crippen LogP) is 3.52. The number of aryl methyl sites for hydroxylation is 4. The van der Waals surface area contributed by atoms with Gasteiger partial charge in [-0.05, 0) is 57.7 Å². The van der Waals surface area contributed by atoms with E-state index in [-0.39, 0.29) is 5.91 Å². The Morgan fingerprint density at radius 2 is 2.00 bits per heavy atom. The first-order chi connectivity index (χ1) is 12.5. The van der Waals surface area contributed by atoms with Crippen LogP contribution in [0.5, 0.6) is 5.75 Å².